The van der Waals surface area contributed by atoms with Crippen LogP contribution < -0.4 is 19.8 Å². The number of benzene rings is 6. The summed E-state index contributed by atoms with van der Waals surface area (Å²) in [6.45, 7) is 4.10. The molecule has 1 aliphatic heterocycles. The first-order valence-electron chi connectivity index (χ1n) is 22.9. The number of rotatable bonds is 24. The van der Waals surface area contributed by atoms with Gasteiger partial charge in [0, 0.05) is 6.07 Å². The molecule has 1 aromatic heterocycles. The third-order valence-electron chi connectivity index (χ3n) is 11.4. The van der Waals surface area contributed by atoms with Gasteiger partial charge in [0.15, 0.2) is 5.75 Å². The van der Waals surface area contributed by atoms with Crippen molar-refractivity contribution in [2.75, 3.05) is 13.2 Å². The van der Waals surface area contributed by atoms with Crippen molar-refractivity contribution < 1.29 is 42.3 Å². The molecule has 1 aliphatic rings. The number of hydrogen-bond donors (Lipinski definition) is 0. The first-order chi connectivity index (χ1) is 32.6. The summed E-state index contributed by atoms with van der Waals surface area (Å²) in [5.74, 6) is 0.737. The summed E-state index contributed by atoms with van der Waals surface area (Å²) in [5, 5.41) is 0.563. The van der Waals surface area contributed by atoms with E-state index < -0.39 is 36.3 Å². The van der Waals surface area contributed by atoms with Crippen molar-refractivity contribution in [2.45, 2.75) is 96.3 Å². The monoisotopic (exact) mass is 890 g/mol. The van der Waals surface area contributed by atoms with Crippen molar-refractivity contribution in [3.8, 4) is 17.2 Å². The number of unbranched alkanes of at least 4 members (excludes halogenated alkanes) is 3. The summed E-state index contributed by atoms with van der Waals surface area (Å²) < 4.78 is 59.2. The van der Waals surface area contributed by atoms with Crippen molar-refractivity contribution in [1.29, 1.82) is 0 Å². The standard InChI is InChI=1S/C56H58O10/c1-2-3-4-20-33-59-53-50(60-36-42-23-12-6-13-24-42)47-32-31-46(34-48(47)65-55(53)57)64-56-54(63-39-45-29-18-9-19-30-45)52(62-38-44-27-16-8-17-28-44)51(61-37-43-25-14-7-15-26-43)49(66-56)40-58-35-41-21-10-5-11-22-41/h5-19,21-32,34,49,51-52,54,56H,2-4,20,33,35-40H2,1H3/t49-,51-,52+,54+,56+/m1/s1. The first kappa shape index (κ1) is 46.3. The predicted molar refractivity (Wildman–Crippen MR) is 253 cm³/mol. The molecule has 5 atom stereocenters. The molecule has 0 aliphatic carbocycles. The topological polar surface area (TPSA) is 104 Å². The third-order valence-corrected chi connectivity index (χ3v) is 11.4. The highest BCUT2D eigenvalue weighted by molar-refractivity contribution is 5.86. The van der Waals surface area contributed by atoms with Crippen LogP contribution in [0.3, 0.4) is 0 Å². The van der Waals surface area contributed by atoms with Gasteiger partial charge >= 0.3 is 5.63 Å². The van der Waals surface area contributed by atoms with E-state index in [1.165, 1.54) is 0 Å². The quantitative estimate of drug-likeness (QED) is 0.0430. The zero-order valence-electron chi connectivity index (χ0n) is 37.4. The van der Waals surface area contributed by atoms with Gasteiger partial charge in [-0.3, -0.25) is 0 Å². The number of ether oxygens (including phenoxy) is 8. The lowest BCUT2D eigenvalue weighted by molar-refractivity contribution is -0.310. The molecule has 0 saturated carbocycles. The first-order valence-corrected chi connectivity index (χ1v) is 22.9. The van der Waals surface area contributed by atoms with Gasteiger partial charge in [0.05, 0.1) is 45.0 Å². The summed E-state index contributed by atoms with van der Waals surface area (Å²) in [6.07, 6.45) is 0.128. The SMILES string of the molecule is CCCCCCOc1c(OCc2ccccc2)c2ccc(O[C@H]3O[C@H](COCc4ccccc4)[C@@H](OCc4ccccc4)[C@H](OCc4ccccc4)[C@@H]3OCc3ccccc3)cc2oc1=O. The van der Waals surface area contributed by atoms with Crippen molar-refractivity contribution in [3.63, 3.8) is 0 Å². The van der Waals surface area contributed by atoms with Crippen molar-refractivity contribution in [3.05, 3.63) is 208 Å². The van der Waals surface area contributed by atoms with Gasteiger partial charge in [-0.15, -0.1) is 0 Å². The van der Waals surface area contributed by atoms with Gasteiger partial charge in [-0.2, -0.15) is 0 Å². The van der Waals surface area contributed by atoms with Gasteiger partial charge < -0.3 is 42.3 Å². The van der Waals surface area contributed by atoms with Gasteiger partial charge in [-0.05, 0) is 46.4 Å². The molecule has 0 radical (unpaired) electrons. The zero-order chi connectivity index (χ0) is 45.2. The maximum Gasteiger partial charge on any atom is 0.383 e. The molecule has 0 N–H and O–H groups in total. The second-order valence-corrected chi connectivity index (χ2v) is 16.3. The minimum Gasteiger partial charge on any atom is -0.484 e. The van der Waals surface area contributed by atoms with E-state index in [1.807, 2.05) is 158 Å². The van der Waals surface area contributed by atoms with Crippen molar-refractivity contribution in [2.24, 2.45) is 0 Å². The molecule has 8 rings (SSSR count). The Morgan fingerprint density at radius 3 is 1.58 bits per heavy atom. The molecule has 1 saturated heterocycles. The molecule has 10 heteroatoms. The fourth-order valence-corrected chi connectivity index (χ4v) is 7.89. The fourth-order valence-electron chi connectivity index (χ4n) is 7.89. The van der Waals surface area contributed by atoms with Crippen LogP contribution in [0.25, 0.3) is 11.0 Å². The molecule has 7 aromatic rings. The normalized spacial score (nSPS) is 18.2. The van der Waals surface area contributed by atoms with E-state index in [1.54, 1.807) is 12.1 Å². The second-order valence-electron chi connectivity index (χ2n) is 16.3. The van der Waals surface area contributed by atoms with Crippen LogP contribution in [0.4, 0.5) is 0 Å². The van der Waals surface area contributed by atoms with E-state index in [-0.39, 0.29) is 37.8 Å². The fraction of sp³-hybridized carbons (Fsp3) is 0.304. The van der Waals surface area contributed by atoms with Crippen LogP contribution in [0, 0.1) is 0 Å². The molecule has 0 unspecified atom stereocenters. The highest BCUT2D eigenvalue weighted by Crippen LogP contribution is 2.37. The van der Waals surface area contributed by atoms with Crippen LogP contribution in [-0.4, -0.2) is 43.9 Å². The Hall–Kier alpha value is -6.27. The average molecular weight is 891 g/mol. The van der Waals surface area contributed by atoms with Crippen LogP contribution in [-0.2, 0) is 56.7 Å². The second kappa shape index (κ2) is 24.3. The molecule has 0 bridgehead atoms. The Kier molecular flexibility index (Phi) is 17.0. The van der Waals surface area contributed by atoms with E-state index in [9.17, 15) is 4.79 Å². The summed E-state index contributed by atoms with van der Waals surface area (Å²) >= 11 is 0. The Morgan fingerprint density at radius 1 is 0.500 bits per heavy atom. The Labute approximate surface area is 386 Å². The minimum absolute atomic E-state index is 0.0480. The molecule has 342 valence electrons. The lowest BCUT2D eigenvalue weighted by Gasteiger charge is -2.45. The average Bonchev–Trinajstić information content (AvgIpc) is 3.36. The molecular weight excluding hydrogens is 833 g/mol. The van der Waals surface area contributed by atoms with Crippen molar-refractivity contribution >= 4 is 11.0 Å². The van der Waals surface area contributed by atoms with Crippen LogP contribution in [0.1, 0.15) is 60.4 Å². The zero-order valence-corrected chi connectivity index (χ0v) is 37.4. The predicted octanol–water partition coefficient (Wildman–Crippen LogP) is 11.4. The summed E-state index contributed by atoms with van der Waals surface area (Å²) in [5.41, 5.74) is 4.55. The molecule has 1 fully saturated rings. The van der Waals surface area contributed by atoms with E-state index in [0.717, 1.165) is 53.5 Å². The van der Waals surface area contributed by atoms with Crippen LogP contribution in [0.2, 0.25) is 0 Å². The highest BCUT2D eigenvalue weighted by atomic mass is 16.7. The van der Waals surface area contributed by atoms with Gasteiger partial charge in [-0.25, -0.2) is 4.79 Å². The highest BCUT2D eigenvalue weighted by Gasteiger charge is 2.50. The van der Waals surface area contributed by atoms with Gasteiger partial charge in [0.2, 0.25) is 12.0 Å². The largest absolute Gasteiger partial charge is 0.484 e. The maximum absolute atomic E-state index is 13.7. The number of hydrogen-bond acceptors (Lipinski definition) is 10. The minimum atomic E-state index is -1.03. The maximum atomic E-state index is 13.7. The summed E-state index contributed by atoms with van der Waals surface area (Å²) in [7, 11) is 0. The van der Waals surface area contributed by atoms with E-state index in [0.29, 0.717) is 36.7 Å². The summed E-state index contributed by atoms with van der Waals surface area (Å²) in [6, 6.07) is 55.0. The van der Waals surface area contributed by atoms with Crippen LogP contribution in [0.5, 0.6) is 17.2 Å². The van der Waals surface area contributed by atoms with E-state index in [2.05, 4.69) is 6.92 Å². The molecule has 2 heterocycles. The smallest absolute Gasteiger partial charge is 0.383 e. The van der Waals surface area contributed by atoms with Gasteiger partial charge in [0.25, 0.3) is 0 Å². The van der Waals surface area contributed by atoms with Gasteiger partial charge in [0.1, 0.15) is 42.4 Å². The third kappa shape index (κ3) is 13.0. The Bertz CT molecular complexity index is 2540. The molecule has 10 nitrogen and oxygen atoms in total. The molecule has 0 spiro atoms. The van der Waals surface area contributed by atoms with E-state index >= 15 is 0 Å². The summed E-state index contributed by atoms with van der Waals surface area (Å²) in [4.78, 5) is 13.7. The van der Waals surface area contributed by atoms with Crippen LogP contribution in [0.15, 0.2) is 179 Å². The lowest BCUT2D eigenvalue weighted by Crippen LogP contribution is -2.62. The molecule has 66 heavy (non-hydrogen) atoms. The Morgan fingerprint density at radius 2 is 1.02 bits per heavy atom. The lowest BCUT2D eigenvalue weighted by atomic mass is 9.97. The molecule has 6 aromatic carbocycles. The Balaban J connectivity index is 1.14. The van der Waals surface area contributed by atoms with Gasteiger partial charge in [-0.1, -0.05) is 178 Å². The van der Waals surface area contributed by atoms with Crippen molar-refractivity contribution in [1.82, 2.24) is 0 Å². The number of fused-ring (bicyclic) bond motifs is 1. The molecular formula is C56H58O10. The molecule has 0 amide bonds. The van der Waals surface area contributed by atoms with Crippen LogP contribution >= 0.6 is 0 Å². The van der Waals surface area contributed by atoms with E-state index in [4.69, 9.17) is 42.3 Å².